The number of thiophene rings is 1. The van der Waals surface area contributed by atoms with E-state index >= 15 is 0 Å². The number of hydrogen-bond donors (Lipinski definition) is 1. The van der Waals surface area contributed by atoms with Crippen LogP contribution in [-0.4, -0.2) is 52.8 Å². The van der Waals surface area contributed by atoms with Gasteiger partial charge in [0.05, 0.1) is 13.2 Å². The molecule has 0 fully saturated rings. The van der Waals surface area contributed by atoms with Gasteiger partial charge < -0.3 is 13.9 Å². The molecular formula is C15H24N2O5S2. The molecule has 0 bridgehead atoms. The minimum atomic E-state index is -3.80. The molecule has 2 N–H and O–H groups in total. The Kier molecular flexibility index (Phi) is 7.20. The Labute approximate surface area is 146 Å². The molecule has 0 aliphatic rings. The van der Waals surface area contributed by atoms with Gasteiger partial charge in [0.1, 0.15) is 0 Å². The third-order valence-electron chi connectivity index (χ3n) is 3.41. The Balaban J connectivity index is 2.03. The van der Waals surface area contributed by atoms with Crippen molar-refractivity contribution in [2.24, 2.45) is 5.14 Å². The highest BCUT2D eigenvalue weighted by atomic mass is 32.2. The summed E-state index contributed by atoms with van der Waals surface area (Å²) < 4.78 is 38.8. The van der Waals surface area contributed by atoms with E-state index in [9.17, 15) is 8.42 Å². The summed E-state index contributed by atoms with van der Waals surface area (Å²) in [5, 5.41) is 5.65. The fraction of sp³-hybridized carbons (Fsp3) is 0.600. The molecular weight excluding hydrogens is 352 g/mol. The van der Waals surface area contributed by atoms with Crippen molar-refractivity contribution in [3.63, 3.8) is 0 Å². The Hall–Kier alpha value is -0.970. The van der Waals surface area contributed by atoms with E-state index in [1.165, 1.54) is 17.4 Å². The maximum Gasteiger partial charge on any atom is 0.271 e. The maximum atomic E-state index is 11.3. The summed E-state index contributed by atoms with van der Waals surface area (Å²) in [7, 11) is -3.80. The third kappa shape index (κ3) is 5.54. The average Bonchev–Trinajstić information content (AvgIpc) is 3.05. The molecule has 2 heterocycles. The van der Waals surface area contributed by atoms with Crippen LogP contribution in [0.3, 0.4) is 0 Å². The Morgan fingerprint density at radius 3 is 2.29 bits per heavy atom. The van der Waals surface area contributed by atoms with E-state index in [-0.39, 0.29) is 5.09 Å². The fourth-order valence-corrected chi connectivity index (χ4v) is 3.83. The quantitative estimate of drug-likeness (QED) is 0.603. The van der Waals surface area contributed by atoms with Gasteiger partial charge in [-0.3, -0.25) is 4.90 Å². The lowest BCUT2D eigenvalue weighted by Crippen LogP contribution is -2.30. The molecule has 0 radical (unpaired) electrons. The van der Waals surface area contributed by atoms with Crippen LogP contribution in [-0.2, 0) is 26.0 Å². The zero-order valence-electron chi connectivity index (χ0n) is 14.0. The normalized spacial score (nSPS) is 12.5. The van der Waals surface area contributed by atoms with Gasteiger partial charge in [0.15, 0.2) is 4.90 Å². The highest BCUT2D eigenvalue weighted by Crippen LogP contribution is 2.31. The molecule has 2 aromatic rings. The zero-order valence-corrected chi connectivity index (χ0v) is 15.6. The molecule has 136 valence electrons. The van der Waals surface area contributed by atoms with Gasteiger partial charge in [0, 0.05) is 49.2 Å². The van der Waals surface area contributed by atoms with Crippen molar-refractivity contribution in [3.05, 3.63) is 17.0 Å². The van der Waals surface area contributed by atoms with Crippen LogP contribution in [0, 0.1) is 0 Å². The first-order valence-corrected chi connectivity index (χ1v) is 10.2. The monoisotopic (exact) mass is 376 g/mol. The van der Waals surface area contributed by atoms with Gasteiger partial charge in [-0.1, -0.05) is 0 Å². The van der Waals surface area contributed by atoms with Crippen molar-refractivity contribution < 1.29 is 22.3 Å². The number of ether oxygens (including phenoxy) is 2. The third-order valence-corrected chi connectivity index (χ3v) is 5.19. The van der Waals surface area contributed by atoms with Crippen LogP contribution in [0.2, 0.25) is 0 Å². The van der Waals surface area contributed by atoms with Gasteiger partial charge in [-0.05, 0) is 19.9 Å². The van der Waals surface area contributed by atoms with Gasteiger partial charge in [-0.15, -0.1) is 11.3 Å². The molecule has 0 saturated carbocycles. The first-order chi connectivity index (χ1) is 11.4. The Morgan fingerprint density at radius 2 is 1.79 bits per heavy atom. The summed E-state index contributed by atoms with van der Waals surface area (Å²) in [6.07, 6.45) is 0. The van der Waals surface area contributed by atoms with Crippen LogP contribution in [0.15, 0.2) is 21.6 Å². The van der Waals surface area contributed by atoms with Crippen LogP contribution < -0.4 is 5.14 Å². The number of nitrogens with two attached hydrogens (primary N) is 1. The predicted octanol–water partition coefficient (Wildman–Crippen LogP) is 2.02. The Bertz CT molecular complexity index is 697. The highest BCUT2D eigenvalue weighted by Gasteiger charge is 2.17. The number of nitrogens with zero attached hydrogens (tertiary/aromatic N) is 1. The Morgan fingerprint density at radius 1 is 1.17 bits per heavy atom. The minimum absolute atomic E-state index is 0.195. The summed E-state index contributed by atoms with van der Waals surface area (Å²) >= 11 is 1.43. The van der Waals surface area contributed by atoms with Gasteiger partial charge in [-0.2, -0.15) is 0 Å². The van der Waals surface area contributed by atoms with Gasteiger partial charge in [0.2, 0.25) is 5.09 Å². The molecule has 0 spiro atoms. The molecule has 0 atom stereocenters. The standard InChI is InChI=1S/C15H24N2O5S2/c1-3-20-7-5-17(6-8-21-4-2)11-13-9-12-10-14(24(16,18)19)22-15(12)23-13/h9-10H,3-8,11H2,1-2H3,(H2,16,18,19). The lowest BCUT2D eigenvalue weighted by molar-refractivity contribution is 0.0802. The average molecular weight is 377 g/mol. The number of hydrogen-bond acceptors (Lipinski definition) is 7. The second kappa shape index (κ2) is 8.93. The summed E-state index contributed by atoms with van der Waals surface area (Å²) in [4.78, 5) is 3.91. The molecule has 0 aromatic carbocycles. The maximum absolute atomic E-state index is 11.3. The van der Waals surface area contributed by atoms with E-state index in [1.807, 2.05) is 19.9 Å². The molecule has 0 amide bonds. The van der Waals surface area contributed by atoms with E-state index in [1.54, 1.807) is 0 Å². The molecule has 2 rings (SSSR count). The SMILES string of the molecule is CCOCCN(CCOCC)Cc1cc2cc(S(N)(=O)=O)oc2s1. The van der Waals surface area contributed by atoms with Crippen LogP contribution in [0.25, 0.3) is 10.3 Å². The van der Waals surface area contributed by atoms with Crippen LogP contribution >= 0.6 is 11.3 Å². The smallest absolute Gasteiger partial charge is 0.271 e. The number of rotatable bonds is 11. The first-order valence-electron chi connectivity index (χ1n) is 7.87. The van der Waals surface area contributed by atoms with Gasteiger partial charge in [-0.25, -0.2) is 13.6 Å². The molecule has 9 heteroatoms. The second-order valence-electron chi connectivity index (χ2n) is 5.24. The number of fused-ring (bicyclic) bond motifs is 1. The molecule has 7 nitrogen and oxygen atoms in total. The lowest BCUT2D eigenvalue weighted by Gasteiger charge is -2.21. The van der Waals surface area contributed by atoms with Crippen LogP contribution in [0.4, 0.5) is 0 Å². The van der Waals surface area contributed by atoms with Gasteiger partial charge >= 0.3 is 0 Å². The zero-order chi connectivity index (χ0) is 17.6. The molecule has 0 saturated heterocycles. The molecule has 2 aromatic heterocycles. The van der Waals surface area contributed by atoms with Crippen molar-refractivity contribution in [3.8, 4) is 0 Å². The molecule has 24 heavy (non-hydrogen) atoms. The summed E-state index contributed by atoms with van der Waals surface area (Å²) in [5.41, 5.74) is 0. The van der Waals surface area contributed by atoms with E-state index < -0.39 is 10.0 Å². The van der Waals surface area contributed by atoms with Crippen LogP contribution in [0.1, 0.15) is 18.7 Å². The van der Waals surface area contributed by atoms with E-state index in [0.717, 1.165) is 29.9 Å². The van der Waals surface area contributed by atoms with Crippen molar-refractivity contribution in [1.29, 1.82) is 0 Å². The summed E-state index contributed by atoms with van der Waals surface area (Å²) in [5.74, 6) is 0. The largest absolute Gasteiger partial charge is 0.433 e. The lowest BCUT2D eigenvalue weighted by atomic mass is 10.3. The van der Waals surface area contributed by atoms with Crippen molar-refractivity contribution in [1.82, 2.24) is 4.90 Å². The predicted molar refractivity (Wildman–Crippen MR) is 93.7 cm³/mol. The fourth-order valence-electron chi connectivity index (χ4n) is 2.25. The van der Waals surface area contributed by atoms with Crippen molar-refractivity contribution in [2.45, 2.75) is 25.5 Å². The van der Waals surface area contributed by atoms with E-state index in [4.69, 9.17) is 19.0 Å². The topological polar surface area (TPSA) is 95.0 Å². The van der Waals surface area contributed by atoms with Crippen molar-refractivity contribution in [2.75, 3.05) is 39.5 Å². The molecule has 0 aliphatic carbocycles. The van der Waals surface area contributed by atoms with Gasteiger partial charge in [0.25, 0.3) is 10.0 Å². The van der Waals surface area contributed by atoms with E-state index in [2.05, 4.69) is 4.90 Å². The first kappa shape index (κ1) is 19.4. The highest BCUT2D eigenvalue weighted by molar-refractivity contribution is 7.89. The number of furan rings is 1. The van der Waals surface area contributed by atoms with E-state index in [0.29, 0.717) is 31.3 Å². The summed E-state index contributed by atoms with van der Waals surface area (Å²) in [6, 6.07) is 3.40. The minimum Gasteiger partial charge on any atom is -0.433 e. The molecule has 0 unspecified atom stereocenters. The van der Waals surface area contributed by atoms with Crippen molar-refractivity contribution >= 4 is 31.6 Å². The second-order valence-corrected chi connectivity index (χ2v) is 7.83. The number of primary sulfonamides is 1. The number of sulfonamides is 1. The summed E-state index contributed by atoms with van der Waals surface area (Å²) in [6.45, 7) is 9.02. The molecule has 0 aliphatic heterocycles. The van der Waals surface area contributed by atoms with Crippen LogP contribution in [0.5, 0.6) is 0 Å².